The summed E-state index contributed by atoms with van der Waals surface area (Å²) in [4.78, 5) is 66.5. The molecule has 1 heterocycles. The van der Waals surface area contributed by atoms with Crippen LogP contribution < -0.4 is 11.1 Å². The molecule has 0 aromatic rings. The van der Waals surface area contributed by atoms with Crippen molar-refractivity contribution in [1.29, 1.82) is 0 Å². The third-order valence-electron chi connectivity index (χ3n) is 5.91. The topological polar surface area (TPSA) is 197 Å². The minimum absolute atomic E-state index is 0.0473. The maximum atomic E-state index is 12.5. The Morgan fingerprint density at radius 1 is 0.700 bits per heavy atom. The second-order valence-corrected chi connectivity index (χ2v) is 9.00. The number of nitrogens with zero attached hydrogens (tertiary/aromatic N) is 4. The number of halogens is 1. The first-order valence-corrected chi connectivity index (χ1v) is 15.6. The van der Waals surface area contributed by atoms with Crippen molar-refractivity contribution in [3.05, 3.63) is 0 Å². The fraction of sp³-hybridized carbons (Fsp3) is 0.800. The minimum atomic E-state index is -1.02. The molecule has 6 N–H and O–H groups in total. The molecule has 0 radical (unpaired) electrons. The van der Waals surface area contributed by atoms with E-state index < -0.39 is 23.9 Å². The first-order valence-electron chi connectivity index (χ1n) is 13.4. The number of nitrogens with two attached hydrogens (primary N) is 1. The van der Waals surface area contributed by atoms with Gasteiger partial charge in [-0.05, 0) is 24.7 Å². The highest BCUT2D eigenvalue weighted by atomic mass is 127. The van der Waals surface area contributed by atoms with Crippen molar-refractivity contribution in [2.45, 2.75) is 39.7 Å². The Morgan fingerprint density at radius 3 is 1.27 bits per heavy atom. The molecule has 40 heavy (non-hydrogen) atoms. The summed E-state index contributed by atoms with van der Waals surface area (Å²) < 4.78 is 0. The third kappa shape index (κ3) is 21.8. The van der Waals surface area contributed by atoms with Crippen molar-refractivity contribution in [2.24, 2.45) is 5.73 Å². The summed E-state index contributed by atoms with van der Waals surface area (Å²) in [7, 11) is 0. The highest BCUT2D eigenvalue weighted by molar-refractivity contribution is 14.1. The molecule has 0 saturated carbocycles. The summed E-state index contributed by atoms with van der Waals surface area (Å²) in [6.07, 6.45) is 1.02. The number of aliphatic carboxylic acids is 3. The Labute approximate surface area is 251 Å². The van der Waals surface area contributed by atoms with E-state index >= 15 is 0 Å². The highest BCUT2D eigenvalue weighted by Crippen LogP contribution is 2.02. The zero-order valence-corrected chi connectivity index (χ0v) is 26.5. The van der Waals surface area contributed by atoms with Gasteiger partial charge in [0.1, 0.15) is 5.78 Å². The zero-order valence-electron chi connectivity index (χ0n) is 24.3. The van der Waals surface area contributed by atoms with Crippen LogP contribution in [0.2, 0.25) is 0 Å². The first kappa shape index (κ1) is 40.2. The Kier molecular flexibility index (Phi) is 25.0. The van der Waals surface area contributed by atoms with Crippen molar-refractivity contribution in [1.82, 2.24) is 24.9 Å². The summed E-state index contributed by atoms with van der Waals surface area (Å²) >= 11 is 2.15. The second kappa shape index (κ2) is 24.8. The molecular formula is C25H49IN6O8. The molecule has 0 spiro atoms. The van der Waals surface area contributed by atoms with Crippen LogP contribution in [0.25, 0.3) is 0 Å². The standard InChI is InChI=1S/C22H40N6O8.C2H6.CH3I/c1-17(29)18(23)3-2-4-24-19(30)13-25-5-7-26(14-20(31)32)9-11-28(16-22(35)36)12-10-27(8-6-25)15-21(33)34;2*1-2/h18H,2-16,23H2,1H3,(H,24,30)(H,31,32)(H,33,34)(H,35,36);1-2H3;1H3. The van der Waals surface area contributed by atoms with Crippen LogP contribution in [-0.4, -0.2) is 161 Å². The lowest BCUT2D eigenvalue weighted by atomic mass is 10.1. The Balaban J connectivity index is 0. The molecule has 1 rings (SSSR count). The van der Waals surface area contributed by atoms with E-state index in [1.807, 2.05) is 23.7 Å². The van der Waals surface area contributed by atoms with Crippen LogP contribution in [0, 0.1) is 0 Å². The average molecular weight is 689 g/mol. The number of rotatable bonds is 13. The normalized spacial score (nSPS) is 16.9. The van der Waals surface area contributed by atoms with Crippen LogP contribution in [0.15, 0.2) is 0 Å². The van der Waals surface area contributed by atoms with E-state index in [9.17, 15) is 39.3 Å². The number of carboxylic acids is 3. The summed E-state index contributed by atoms with van der Waals surface area (Å²) in [5.41, 5.74) is 5.70. The van der Waals surface area contributed by atoms with E-state index in [1.54, 1.807) is 14.7 Å². The second-order valence-electron chi connectivity index (χ2n) is 9.00. The van der Waals surface area contributed by atoms with Gasteiger partial charge in [0.25, 0.3) is 0 Å². The molecule has 0 aromatic carbocycles. The summed E-state index contributed by atoms with van der Waals surface area (Å²) in [5.74, 6) is -3.37. The molecule has 14 nitrogen and oxygen atoms in total. The van der Waals surface area contributed by atoms with Gasteiger partial charge in [-0.25, -0.2) is 0 Å². The van der Waals surface area contributed by atoms with Crippen molar-refractivity contribution in [3.8, 4) is 0 Å². The van der Waals surface area contributed by atoms with Gasteiger partial charge in [0.15, 0.2) is 0 Å². The molecule has 1 saturated heterocycles. The number of alkyl halides is 1. The lowest BCUT2D eigenvalue weighted by Crippen LogP contribution is -2.49. The van der Waals surface area contributed by atoms with Crippen molar-refractivity contribution in [2.75, 3.05) is 90.0 Å². The third-order valence-corrected chi connectivity index (χ3v) is 5.91. The fourth-order valence-electron chi connectivity index (χ4n) is 3.80. The highest BCUT2D eigenvalue weighted by Gasteiger charge is 2.21. The van der Waals surface area contributed by atoms with Gasteiger partial charge < -0.3 is 26.4 Å². The van der Waals surface area contributed by atoms with E-state index in [1.165, 1.54) is 6.92 Å². The molecular weight excluding hydrogens is 639 g/mol. The minimum Gasteiger partial charge on any atom is -0.480 e. The van der Waals surface area contributed by atoms with Gasteiger partial charge in [-0.1, -0.05) is 36.4 Å². The molecule has 1 amide bonds. The summed E-state index contributed by atoms with van der Waals surface area (Å²) in [6, 6.07) is -0.552. The number of carbonyl (C=O) groups excluding carboxylic acids is 2. The molecule has 15 heteroatoms. The van der Waals surface area contributed by atoms with Gasteiger partial charge in [-0.3, -0.25) is 43.6 Å². The predicted octanol–water partition coefficient (Wildman–Crippen LogP) is -0.648. The van der Waals surface area contributed by atoms with Crippen LogP contribution in [0.5, 0.6) is 0 Å². The van der Waals surface area contributed by atoms with Gasteiger partial charge in [0, 0.05) is 58.9 Å². The van der Waals surface area contributed by atoms with Crippen molar-refractivity contribution < 1.29 is 39.3 Å². The van der Waals surface area contributed by atoms with E-state index in [2.05, 4.69) is 27.9 Å². The Bertz CT molecular complexity index is 729. The van der Waals surface area contributed by atoms with Gasteiger partial charge in [-0.15, -0.1) is 0 Å². The summed E-state index contributed by atoms with van der Waals surface area (Å²) in [6.45, 7) is 7.83. The van der Waals surface area contributed by atoms with Crippen LogP contribution in [0.1, 0.15) is 33.6 Å². The lowest BCUT2D eigenvalue weighted by Gasteiger charge is -2.32. The number of ketones is 1. The van der Waals surface area contributed by atoms with Crippen molar-refractivity contribution >= 4 is 52.2 Å². The Morgan fingerprint density at radius 2 is 1.00 bits per heavy atom. The zero-order chi connectivity index (χ0) is 31.1. The van der Waals surface area contributed by atoms with Crippen LogP contribution in [0.4, 0.5) is 0 Å². The van der Waals surface area contributed by atoms with E-state index in [0.29, 0.717) is 71.7 Å². The number of hydrogen-bond donors (Lipinski definition) is 5. The largest absolute Gasteiger partial charge is 0.480 e. The van der Waals surface area contributed by atoms with Crippen LogP contribution >= 0.6 is 22.6 Å². The van der Waals surface area contributed by atoms with Gasteiger partial charge in [0.05, 0.1) is 32.2 Å². The Hall–Kier alpha value is -1.92. The number of carbonyl (C=O) groups is 5. The maximum Gasteiger partial charge on any atom is 0.317 e. The molecule has 0 aliphatic carbocycles. The molecule has 0 bridgehead atoms. The SMILES string of the molecule is CC.CC(=O)C(N)CCCNC(=O)CN1CCN(CC(=O)O)CCN(CC(=O)O)CCN(CC(=O)O)CC1.CI. The molecule has 234 valence electrons. The number of nitrogens with one attached hydrogen (secondary N) is 1. The first-order chi connectivity index (χ1) is 19.0. The van der Waals surface area contributed by atoms with E-state index in [4.69, 9.17) is 5.73 Å². The smallest absolute Gasteiger partial charge is 0.317 e. The quantitative estimate of drug-likeness (QED) is 0.0931. The molecule has 1 aliphatic heterocycles. The predicted molar refractivity (Wildman–Crippen MR) is 161 cm³/mol. The molecule has 1 unspecified atom stereocenters. The number of Topliss-reactive ketones (excluding diaryl/α,β-unsaturated/α-hetero) is 1. The van der Waals surface area contributed by atoms with Gasteiger partial charge in [0.2, 0.25) is 5.91 Å². The average Bonchev–Trinajstić information content (AvgIpc) is 2.89. The van der Waals surface area contributed by atoms with Gasteiger partial charge >= 0.3 is 17.9 Å². The van der Waals surface area contributed by atoms with Crippen molar-refractivity contribution in [3.63, 3.8) is 0 Å². The monoisotopic (exact) mass is 688 g/mol. The number of hydrogen-bond acceptors (Lipinski definition) is 10. The van der Waals surface area contributed by atoms with Crippen LogP contribution in [0.3, 0.4) is 0 Å². The molecule has 1 aliphatic rings. The molecule has 0 aromatic heterocycles. The summed E-state index contributed by atoms with van der Waals surface area (Å²) in [5, 5.41) is 30.5. The number of carboxylic acid groups (broad SMARTS) is 3. The molecule has 1 fully saturated rings. The lowest BCUT2D eigenvalue weighted by molar-refractivity contribution is -0.140. The number of amides is 1. The molecule has 1 atom stereocenters. The van der Waals surface area contributed by atoms with Gasteiger partial charge in [-0.2, -0.15) is 0 Å². The maximum absolute atomic E-state index is 12.5. The fourth-order valence-corrected chi connectivity index (χ4v) is 3.80. The van der Waals surface area contributed by atoms with E-state index in [0.717, 1.165) is 0 Å². The van der Waals surface area contributed by atoms with E-state index in [-0.39, 0.29) is 37.9 Å². The van der Waals surface area contributed by atoms with Crippen LogP contribution in [-0.2, 0) is 24.0 Å².